The number of carbonyl (C=O) groups is 1. The molecule has 3 heterocycles. The van der Waals surface area contributed by atoms with Crippen molar-refractivity contribution in [2.75, 3.05) is 24.8 Å². The number of pyridine rings is 1. The smallest absolute Gasteiger partial charge is 0.274 e. The van der Waals surface area contributed by atoms with Gasteiger partial charge in [-0.1, -0.05) is 11.8 Å². The number of nitrogens with two attached hydrogens (primary N) is 1. The average Bonchev–Trinajstić information content (AvgIpc) is 3.13. The van der Waals surface area contributed by atoms with Gasteiger partial charge in [-0.15, -0.1) is 0 Å². The number of benzene rings is 1. The average molecular weight is 427 g/mol. The fourth-order valence-electron chi connectivity index (χ4n) is 3.69. The minimum Gasteiger partial charge on any atom is -0.379 e. The van der Waals surface area contributed by atoms with E-state index in [1.807, 2.05) is 6.07 Å². The normalized spacial score (nSPS) is 25.2. The SMILES string of the molecule is CO[C@@H]1OC[C@]2(c3cc(NC(=O)c4ccc(C#N)cn4)ccc3F)N=C(N)SC[C@H]12. The van der Waals surface area contributed by atoms with Gasteiger partial charge in [0, 0.05) is 30.3 Å². The lowest BCUT2D eigenvalue weighted by Crippen LogP contribution is -2.42. The Morgan fingerprint density at radius 3 is 3.00 bits per heavy atom. The van der Waals surface area contributed by atoms with Crippen molar-refractivity contribution < 1.29 is 18.7 Å². The summed E-state index contributed by atoms with van der Waals surface area (Å²) < 4.78 is 26.1. The summed E-state index contributed by atoms with van der Waals surface area (Å²) in [4.78, 5) is 21.0. The molecule has 1 amide bonds. The topological polar surface area (TPSA) is 123 Å². The van der Waals surface area contributed by atoms with E-state index in [-0.39, 0.29) is 23.8 Å². The maximum atomic E-state index is 14.9. The lowest BCUT2D eigenvalue weighted by molar-refractivity contribution is -0.106. The highest BCUT2D eigenvalue weighted by molar-refractivity contribution is 8.13. The first kappa shape index (κ1) is 20.3. The highest BCUT2D eigenvalue weighted by atomic mass is 32.2. The molecule has 8 nitrogen and oxygen atoms in total. The number of nitrogens with zero attached hydrogens (tertiary/aromatic N) is 3. The van der Waals surface area contributed by atoms with Gasteiger partial charge in [-0.2, -0.15) is 5.26 Å². The third-order valence-corrected chi connectivity index (χ3v) is 6.09. The molecule has 4 rings (SSSR count). The summed E-state index contributed by atoms with van der Waals surface area (Å²) in [5.74, 6) is -0.622. The number of anilines is 1. The fraction of sp³-hybridized carbons (Fsp3) is 0.300. The highest BCUT2D eigenvalue weighted by Crippen LogP contribution is 2.48. The Hall–Kier alpha value is -3.00. The quantitative estimate of drug-likeness (QED) is 0.767. The molecule has 154 valence electrons. The molecule has 1 saturated heterocycles. The molecule has 10 heteroatoms. The van der Waals surface area contributed by atoms with E-state index in [4.69, 9.17) is 20.5 Å². The van der Waals surface area contributed by atoms with Crippen LogP contribution in [-0.4, -0.2) is 41.8 Å². The molecule has 1 aromatic heterocycles. The Morgan fingerprint density at radius 2 is 2.30 bits per heavy atom. The van der Waals surface area contributed by atoms with E-state index in [1.54, 1.807) is 0 Å². The zero-order valence-electron chi connectivity index (χ0n) is 16.0. The van der Waals surface area contributed by atoms with Gasteiger partial charge >= 0.3 is 0 Å². The zero-order chi connectivity index (χ0) is 21.3. The summed E-state index contributed by atoms with van der Waals surface area (Å²) in [5.41, 5.74) is 6.07. The van der Waals surface area contributed by atoms with E-state index in [2.05, 4.69) is 15.3 Å². The Kier molecular flexibility index (Phi) is 5.42. The second-order valence-corrected chi connectivity index (χ2v) is 7.94. The first-order valence-electron chi connectivity index (χ1n) is 9.07. The Balaban J connectivity index is 1.67. The second kappa shape index (κ2) is 8.02. The molecule has 0 spiro atoms. The lowest BCUT2D eigenvalue weighted by atomic mass is 9.80. The largest absolute Gasteiger partial charge is 0.379 e. The van der Waals surface area contributed by atoms with Gasteiger partial charge in [-0.05, 0) is 30.3 Å². The lowest BCUT2D eigenvalue weighted by Gasteiger charge is -2.35. The monoisotopic (exact) mass is 427 g/mol. The van der Waals surface area contributed by atoms with Gasteiger partial charge in [0.15, 0.2) is 11.5 Å². The first-order chi connectivity index (χ1) is 14.5. The van der Waals surface area contributed by atoms with Crippen molar-refractivity contribution in [3.8, 4) is 6.07 Å². The number of hydrogen-bond donors (Lipinski definition) is 2. The van der Waals surface area contributed by atoms with Crippen molar-refractivity contribution in [3.05, 3.63) is 59.2 Å². The molecule has 3 N–H and O–H groups in total. The van der Waals surface area contributed by atoms with Crippen LogP contribution < -0.4 is 11.1 Å². The Morgan fingerprint density at radius 1 is 1.47 bits per heavy atom. The summed E-state index contributed by atoms with van der Waals surface area (Å²) in [6, 6.07) is 9.16. The van der Waals surface area contributed by atoms with Crippen LogP contribution >= 0.6 is 11.8 Å². The van der Waals surface area contributed by atoms with Crippen LogP contribution in [0.25, 0.3) is 0 Å². The van der Waals surface area contributed by atoms with Crippen LogP contribution in [0.3, 0.4) is 0 Å². The van der Waals surface area contributed by atoms with Crippen molar-refractivity contribution in [1.82, 2.24) is 4.98 Å². The number of amides is 1. The zero-order valence-corrected chi connectivity index (χ0v) is 16.8. The molecule has 0 radical (unpaired) electrons. The van der Waals surface area contributed by atoms with Crippen LogP contribution in [0.5, 0.6) is 0 Å². The number of rotatable bonds is 4. The van der Waals surface area contributed by atoms with Crippen molar-refractivity contribution >= 4 is 28.5 Å². The van der Waals surface area contributed by atoms with Gasteiger partial charge < -0.3 is 20.5 Å². The molecule has 0 aliphatic carbocycles. The molecular formula is C20H18FN5O3S. The van der Waals surface area contributed by atoms with Crippen LogP contribution in [0.2, 0.25) is 0 Å². The first-order valence-corrected chi connectivity index (χ1v) is 10.1. The van der Waals surface area contributed by atoms with Gasteiger partial charge in [0.05, 0.1) is 18.1 Å². The van der Waals surface area contributed by atoms with Crippen LogP contribution in [-0.2, 0) is 15.0 Å². The van der Waals surface area contributed by atoms with Crippen LogP contribution in [0.15, 0.2) is 41.5 Å². The molecule has 2 aromatic rings. The minimum atomic E-state index is -1.03. The number of halogens is 1. The predicted octanol–water partition coefficient (Wildman–Crippen LogP) is 2.22. The number of thioether (sulfide) groups is 1. The van der Waals surface area contributed by atoms with Crippen molar-refractivity contribution in [2.45, 2.75) is 11.8 Å². The number of hydrogen-bond acceptors (Lipinski definition) is 8. The summed E-state index contributed by atoms with van der Waals surface area (Å²) in [5, 5.41) is 11.9. The number of ether oxygens (including phenoxy) is 2. The van der Waals surface area contributed by atoms with Gasteiger partial charge in [0.25, 0.3) is 5.91 Å². The number of nitriles is 1. The maximum absolute atomic E-state index is 14.9. The van der Waals surface area contributed by atoms with E-state index in [9.17, 15) is 9.18 Å². The third kappa shape index (κ3) is 3.52. The molecule has 30 heavy (non-hydrogen) atoms. The number of methoxy groups -OCH3 is 1. The summed E-state index contributed by atoms with van der Waals surface area (Å²) in [7, 11) is 1.53. The molecule has 3 atom stereocenters. The van der Waals surface area contributed by atoms with E-state index in [1.165, 1.54) is 55.4 Å². The molecule has 2 aliphatic heterocycles. The van der Waals surface area contributed by atoms with Crippen molar-refractivity contribution in [3.63, 3.8) is 0 Å². The molecule has 0 unspecified atom stereocenters. The number of aromatic nitrogens is 1. The highest BCUT2D eigenvalue weighted by Gasteiger charge is 2.54. The van der Waals surface area contributed by atoms with Gasteiger partial charge in [0.1, 0.15) is 23.1 Å². The van der Waals surface area contributed by atoms with Gasteiger partial charge in [0.2, 0.25) is 0 Å². The predicted molar refractivity (Wildman–Crippen MR) is 109 cm³/mol. The van der Waals surface area contributed by atoms with Crippen molar-refractivity contribution in [1.29, 1.82) is 5.26 Å². The van der Waals surface area contributed by atoms with E-state index in [0.29, 0.717) is 22.2 Å². The number of carbonyl (C=O) groups excluding carboxylic acids is 1. The third-order valence-electron chi connectivity index (χ3n) is 5.18. The van der Waals surface area contributed by atoms with Crippen molar-refractivity contribution in [2.24, 2.45) is 16.6 Å². The van der Waals surface area contributed by atoms with E-state index in [0.717, 1.165) is 0 Å². The van der Waals surface area contributed by atoms with E-state index < -0.39 is 23.6 Å². The maximum Gasteiger partial charge on any atom is 0.274 e. The molecule has 2 aliphatic rings. The van der Waals surface area contributed by atoms with Crippen LogP contribution in [0.4, 0.5) is 10.1 Å². The molecule has 0 saturated carbocycles. The van der Waals surface area contributed by atoms with Crippen LogP contribution in [0, 0.1) is 23.1 Å². The number of aliphatic imine (C=N–C) groups is 1. The molecule has 1 aromatic carbocycles. The van der Waals surface area contributed by atoms with Gasteiger partial charge in [-0.25, -0.2) is 14.4 Å². The summed E-state index contributed by atoms with van der Waals surface area (Å²) in [6.07, 6.45) is 0.779. The Bertz CT molecular complexity index is 1060. The number of fused-ring (bicyclic) bond motifs is 1. The molecule has 1 fully saturated rings. The fourth-order valence-corrected chi connectivity index (χ4v) is 4.70. The van der Waals surface area contributed by atoms with Gasteiger partial charge in [-0.3, -0.25) is 4.79 Å². The standard InChI is InChI=1S/C20H18FN5O3S/c1-28-18-14-9-30-19(23)26-20(14,10-29-18)13-6-12(3-4-15(13)21)25-17(27)16-5-2-11(7-22)8-24-16/h2-6,8,14,18H,9-10H2,1H3,(H2,23,26)(H,25,27)/t14-,18-,20-/m1/s1. The molecule has 0 bridgehead atoms. The summed E-state index contributed by atoms with van der Waals surface area (Å²) >= 11 is 1.37. The van der Waals surface area contributed by atoms with E-state index >= 15 is 0 Å². The number of nitrogens with one attached hydrogen (secondary N) is 1. The van der Waals surface area contributed by atoms with Crippen LogP contribution in [0.1, 0.15) is 21.6 Å². The minimum absolute atomic E-state index is 0.114. The molecular weight excluding hydrogens is 409 g/mol. The number of amidine groups is 1. The Labute approximate surface area is 176 Å². The summed E-state index contributed by atoms with van der Waals surface area (Å²) in [6.45, 7) is 0.114. The second-order valence-electron chi connectivity index (χ2n) is 6.90.